The second-order valence-corrected chi connectivity index (χ2v) is 11.1. The Hall–Kier alpha value is -5.80. The summed E-state index contributed by atoms with van der Waals surface area (Å²) in [5.41, 5.74) is 10.0. The van der Waals surface area contributed by atoms with E-state index in [9.17, 15) is 0 Å². The lowest BCUT2D eigenvalue weighted by Gasteiger charge is -2.12. The van der Waals surface area contributed by atoms with Crippen LogP contribution in [-0.4, -0.2) is 14.4 Å². The van der Waals surface area contributed by atoms with Crippen LogP contribution in [0.1, 0.15) is 0 Å². The Morgan fingerprint density at radius 2 is 1.19 bits per heavy atom. The Balaban J connectivity index is 1.26. The number of imidazole rings is 1. The van der Waals surface area contributed by atoms with Crippen LogP contribution in [0.4, 0.5) is 0 Å². The SMILES string of the molecule is c1ccc(-c2ccc3c(c2)c2cc(-c4ccc(-c5cccc6ccccc56)cc4)ccc2c2c3nc3ccccn32)nc1. The molecule has 9 aromatic rings. The fourth-order valence-corrected chi connectivity index (χ4v) is 6.58. The molecule has 0 atom stereocenters. The highest BCUT2D eigenvalue weighted by atomic mass is 15.0. The number of pyridine rings is 2. The molecule has 0 N–H and O–H groups in total. The monoisotopic (exact) mass is 547 g/mol. The molecule has 0 radical (unpaired) electrons. The molecule has 3 heterocycles. The number of hydrogen-bond acceptors (Lipinski definition) is 2. The van der Waals surface area contributed by atoms with Crippen LogP contribution in [0.3, 0.4) is 0 Å². The van der Waals surface area contributed by atoms with E-state index in [0.717, 1.165) is 33.3 Å². The van der Waals surface area contributed by atoms with Gasteiger partial charge >= 0.3 is 0 Å². The summed E-state index contributed by atoms with van der Waals surface area (Å²) in [6.45, 7) is 0. The maximum absolute atomic E-state index is 5.08. The highest BCUT2D eigenvalue weighted by Crippen LogP contribution is 2.39. The minimum atomic E-state index is 0.952. The lowest BCUT2D eigenvalue weighted by Crippen LogP contribution is -1.89. The van der Waals surface area contributed by atoms with Gasteiger partial charge in [0.15, 0.2) is 0 Å². The summed E-state index contributed by atoms with van der Waals surface area (Å²) >= 11 is 0. The molecule has 0 aliphatic carbocycles. The van der Waals surface area contributed by atoms with Crippen LogP contribution in [0.15, 0.2) is 152 Å². The first-order chi connectivity index (χ1) is 21.3. The third kappa shape index (κ3) is 3.75. The summed E-state index contributed by atoms with van der Waals surface area (Å²) in [6.07, 6.45) is 3.96. The maximum atomic E-state index is 5.08. The van der Waals surface area contributed by atoms with Crippen molar-refractivity contribution in [3.63, 3.8) is 0 Å². The van der Waals surface area contributed by atoms with Gasteiger partial charge in [0.05, 0.1) is 16.7 Å². The number of nitrogens with zero attached hydrogens (tertiary/aromatic N) is 3. The van der Waals surface area contributed by atoms with Gasteiger partial charge in [0, 0.05) is 28.7 Å². The van der Waals surface area contributed by atoms with Crippen LogP contribution in [0.25, 0.3) is 82.5 Å². The Morgan fingerprint density at radius 1 is 0.465 bits per heavy atom. The van der Waals surface area contributed by atoms with Crippen molar-refractivity contribution in [1.82, 2.24) is 14.4 Å². The summed E-state index contributed by atoms with van der Waals surface area (Å²) < 4.78 is 2.21. The first kappa shape index (κ1) is 23.9. The van der Waals surface area contributed by atoms with Gasteiger partial charge in [-0.05, 0) is 80.2 Å². The molecule has 0 amide bonds. The van der Waals surface area contributed by atoms with Crippen LogP contribution in [0, 0.1) is 0 Å². The second-order valence-electron chi connectivity index (χ2n) is 11.1. The molecule has 3 aromatic heterocycles. The standard InChI is InChI=1S/C40H25N3/c1-2-10-31-27(8-1)9-7-11-32(31)28-16-14-26(15-17-28)29-18-21-34-36(24-29)35-25-30(37-12-3-5-22-41-37)19-20-33(35)39-40(34)43-23-6-4-13-38(43)42-39/h1-25H. The summed E-state index contributed by atoms with van der Waals surface area (Å²) in [6, 6.07) is 49.8. The molecule has 3 nitrogen and oxygen atoms in total. The van der Waals surface area contributed by atoms with E-state index in [1.54, 1.807) is 0 Å². The Kier molecular flexibility index (Phi) is 5.20. The van der Waals surface area contributed by atoms with Crippen LogP contribution in [-0.2, 0) is 0 Å². The van der Waals surface area contributed by atoms with Gasteiger partial charge in [-0.1, -0.05) is 103 Å². The maximum Gasteiger partial charge on any atom is 0.137 e. The summed E-state index contributed by atoms with van der Waals surface area (Å²) in [4.78, 5) is 9.71. The average molecular weight is 548 g/mol. The molecule has 0 aliphatic heterocycles. The van der Waals surface area contributed by atoms with Gasteiger partial charge in [-0.25, -0.2) is 4.98 Å². The van der Waals surface area contributed by atoms with E-state index < -0.39 is 0 Å². The minimum absolute atomic E-state index is 0.952. The summed E-state index contributed by atoms with van der Waals surface area (Å²) in [7, 11) is 0. The largest absolute Gasteiger partial charge is 0.299 e. The van der Waals surface area contributed by atoms with Crippen molar-refractivity contribution in [2.24, 2.45) is 0 Å². The molecule has 9 rings (SSSR count). The van der Waals surface area contributed by atoms with E-state index in [4.69, 9.17) is 4.98 Å². The molecular weight excluding hydrogens is 522 g/mol. The molecule has 0 aliphatic rings. The molecule has 0 unspecified atom stereocenters. The normalized spacial score (nSPS) is 11.7. The smallest absolute Gasteiger partial charge is 0.137 e. The molecule has 3 heteroatoms. The fourth-order valence-electron chi connectivity index (χ4n) is 6.58. The first-order valence-electron chi connectivity index (χ1n) is 14.6. The van der Waals surface area contributed by atoms with Crippen LogP contribution >= 0.6 is 0 Å². The van der Waals surface area contributed by atoms with Crippen LogP contribution < -0.4 is 0 Å². The van der Waals surface area contributed by atoms with E-state index in [0.29, 0.717) is 0 Å². The van der Waals surface area contributed by atoms with Gasteiger partial charge in [-0.2, -0.15) is 0 Å². The topological polar surface area (TPSA) is 30.2 Å². The van der Waals surface area contributed by atoms with Gasteiger partial charge < -0.3 is 0 Å². The molecule has 43 heavy (non-hydrogen) atoms. The fraction of sp³-hybridized carbons (Fsp3) is 0. The van der Waals surface area contributed by atoms with Gasteiger partial charge in [0.2, 0.25) is 0 Å². The number of hydrogen-bond donors (Lipinski definition) is 0. The van der Waals surface area contributed by atoms with Gasteiger partial charge in [-0.3, -0.25) is 9.38 Å². The zero-order valence-corrected chi connectivity index (χ0v) is 23.3. The van der Waals surface area contributed by atoms with E-state index in [-0.39, 0.29) is 0 Å². The van der Waals surface area contributed by atoms with Crippen molar-refractivity contribution in [2.75, 3.05) is 0 Å². The predicted molar refractivity (Wildman–Crippen MR) is 179 cm³/mol. The number of aromatic nitrogens is 3. The first-order valence-corrected chi connectivity index (χ1v) is 14.6. The van der Waals surface area contributed by atoms with Crippen molar-refractivity contribution in [3.8, 4) is 33.5 Å². The van der Waals surface area contributed by atoms with Crippen molar-refractivity contribution in [3.05, 3.63) is 152 Å². The highest BCUT2D eigenvalue weighted by molar-refractivity contribution is 6.25. The highest BCUT2D eigenvalue weighted by Gasteiger charge is 2.16. The summed E-state index contributed by atoms with van der Waals surface area (Å²) in [5, 5.41) is 7.26. The summed E-state index contributed by atoms with van der Waals surface area (Å²) in [5.74, 6) is 0. The second kappa shape index (κ2) is 9.37. The lowest BCUT2D eigenvalue weighted by molar-refractivity contribution is 1.23. The van der Waals surface area contributed by atoms with Crippen molar-refractivity contribution >= 4 is 49.0 Å². The van der Waals surface area contributed by atoms with E-state index in [1.807, 2.05) is 24.4 Å². The molecule has 6 aromatic carbocycles. The predicted octanol–water partition coefficient (Wildman–Crippen LogP) is 10.3. The molecule has 0 fully saturated rings. The van der Waals surface area contributed by atoms with Crippen molar-refractivity contribution in [1.29, 1.82) is 0 Å². The van der Waals surface area contributed by atoms with Crippen LogP contribution in [0.2, 0.25) is 0 Å². The average Bonchev–Trinajstić information content (AvgIpc) is 3.48. The van der Waals surface area contributed by atoms with Crippen molar-refractivity contribution < 1.29 is 0 Å². The van der Waals surface area contributed by atoms with Gasteiger partial charge in [0.25, 0.3) is 0 Å². The number of benzene rings is 6. The molecular formula is C40H25N3. The van der Waals surface area contributed by atoms with Gasteiger partial charge in [0.1, 0.15) is 5.65 Å². The quantitative estimate of drug-likeness (QED) is 0.206. The lowest BCUT2D eigenvalue weighted by atomic mass is 9.93. The number of rotatable bonds is 3. The Labute approximate surface area is 248 Å². The molecule has 200 valence electrons. The zero-order valence-electron chi connectivity index (χ0n) is 23.3. The molecule has 0 spiro atoms. The molecule has 0 bridgehead atoms. The van der Waals surface area contributed by atoms with E-state index >= 15 is 0 Å². The Morgan fingerprint density at radius 3 is 2.09 bits per heavy atom. The van der Waals surface area contributed by atoms with Crippen molar-refractivity contribution in [2.45, 2.75) is 0 Å². The minimum Gasteiger partial charge on any atom is -0.299 e. The third-order valence-corrected chi connectivity index (χ3v) is 8.65. The Bertz CT molecular complexity index is 2480. The third-order valence-electron chi connectivity index (χ3n) is 8.65. The molecule has 0 saturated carbocycles. The number of fused-ring (bicyclic) bond motifs is 9. The van der Waals surface area contributed by atoms with E-state index in [2.05, 4.69) is 137 Å². The zero-order chi connectivity index (χ0) is 28.3. The van der Waals surface area contributed by atoms with E-state index in [1.165, 1.54) is 49.2 Å². The van der Waals surface area contributed by atoms with Gasteiger partial charge in [-0.15, -0.1) is 0 Å². The molecule has 0 saturated heterocycles. The van der Waals surface area contributed by atoms with Crippen LogP contribution in [0.5, 0.6) is 0 Å².